The van der Waals surface area contributed by atoms with Crippen molar-refractivity contribution in [3.05, 3.63) is 29.8 Å². The number of piperidine rings is 1. The summed E-state index contributed by atoms with van der Waals surface area (Å²) in [4.78, 5) is 41.1. The first-order chi connectivity index (χ1) is 11.1. The molecule has 0 N–H and O–H groups in total. The van der Waals surface area contributed by atoms with Gasteiger partial charge >= 0.3 is 0 Å². The number of hydrogen-bond acceptors (Lipinski definition) is 3. The van der Waals surface area contributed by atoms with Crippen LogP contribution in [0.25, 0.3) is 0 Å². The fourth-order valence-electron chi connectivity index (χ4n) is 4.10. The van der Waals surface area contributed by atoms with E-state index in [2.05, 4.69) is 0 Å². The molecule has 2 fully saturated rings. The molecule has 0 spiro atoms. The quantitative estimate of drug-likeness (QED) is 0.784. The first-order valence-electron chi connectivity index (χ1n) is 8.31. The van der Waals surface area contributed by atoms with Crippen LogP contribution < -0.4 is 4.90 Å². The van der Waals surface area contributed by atoms with Gasteiger partial charge in [-0.15, -0.1) is 0 Å². The molecule has 3 rings (SSSR count). The second-order valence-corrected chi connectivity index (χ2v) is 7.87. The molecule has 0 radical (unpaired) electrons. The molecule has 5 nitrogen and oxygen atoms in total. The van der Waals surface area contributed by atoms with Crippen molar-refractivity contribution in [1.82, 2.24) is 4.90 Å². The van der Waals surface area contributed by atoms with Crippen LogP contribution in [0.4, 0.5) is 5.69 Å². The summed E-state index contributed by atoms with van der Waals surface area (Å²) in [7, 11) is 3.35. The highest BCUT2D eigenvalue weighted by Gasteiger charge is 2.64. The van der Waals surface area contributed by atoms with E-state index in [0.717, 1.165) is 12.8 Å². The van der Waals surface area contributed by atoms with Crippen LogP contribution >= 0.6 is 0 Å². The Labute approximate surface area is 142 Å². The SMILES string of the molecule is CN(C)C(=O)c1cccc(N2C(=O)[C@H]3CC[C@@](C)(C2=O)C3(C)C)c1. The van der Waals surface area contributed by atoms with Crippen LogP contribution in [0.1, 0.15) is 44.0 Å². The predicted molar refractivity (Wildman–Crippen MR) is 91.6 cm³/mol. The highest BCUT2D eigenvalue weighted by Crippen LogP contribution is 2.60. The number of carbonyl (C=O) groups is 3. The molecule has 2 atom stereocenters. The van der Waals surface area contributed by atoms with Crippen LogP contribution in [0.2, 0.25) is 0 Å². The number of fused-ring (bicyclic) bond motifs is 2. The molecule has 1 heterocycles. The topological polar surface area (TPSA) is 57.7 Å². The minimum absolute atomic E-state index is 0.144. The lowest BCUT2D eigenvalue weighted by molar-refractivity contribution is -0.146. The Balaban J connectivity index is 2.05. The van der Waals surface area contributed by atoms with Gasteiger partial charge in [-0.25, -0.2) is 4.90 Å². The summed E-state index contributed by atoms with van der Waals surface area (Å²) in [5, 5.41) is 0. The number of benzene rings is 1. The van der Waals surface area contributed by atoms with E-state index < -0.39 is 5.41 Å². The average molecular weight is 328 g/mol. The number of carbonyl (C=O) groups excluding carboxylic acids is 3. The van der Waals surface area contributed by atoms with Gasteiger partial charge in [0.05, 0.1) is 11.1 Å². The Morgan fingerprint density at radius 1 is 1.21 bits per heavy atom. The molecular weight excluding hydrogens is 304 g/mol. The summed E-state index contributed by atoms with van der Waals surface area (Å²) in [5.74, 6) is -0.605. The molecule has 3 amide bonds. The van der Waals surface area contributed by atoms with Gasteiger partial charge in [-0.2, -0.15) is 0 Å². The Morgan fingerprint density at radius 3 is 2.50 bits per heavy atom. The Hall–Kier alpha value is -2.17. The van der Waals surface area contributed by atoms with Gasteiger partial charge in [0, 0.05) is 25.6 Å². The maximum absolute atomic E-state index is 13.2. The summed E-state index contributed by atoms with van der Waals surface area (Å²) in [6.07, 6.45) is 1.46. The van der Waals surface area contributed by atoms with Crippen molar-refractivity contribution in [3.8, 4) is 0 Å². The highest BCUT2D eigenvalue weighted by molar-refractivity contribution is 6.20. The lowest BCUT2D eigenvalue weighted by Gasteiger charge is -2.47. The maximum atomic E-state index is 13.2. The minimum Gasteiger partial charge on any atom is -0.345 e. The van der Waals surface area contributed by atoms with Crippen LogP contribution in [-0.2, 0) is 9.59 Å². The first kappa shape index (κ1) is 16.7. The van der Waals surface area contributed by atoms with Gasteiger partial charge in [0.2, 0.25) is 11.8 Å². The third-order valence-electron chi connectivity index (χ3n) is 6.18. The Kier molecular flexibility index (Phi) is 3.59. The predicted octanol–water partition coefficient (Wildman–Crippen LogP) is 2.70. The standard InChI is InChI=1S/C19H24N2O3/c1-18(2)14-9-10-19(18,3)17(24)21(16(14)23)13-8-6-7-12(11-13)15(22)20(4)5/h6-8,11,14H,9-10H2,1-5H3/t14-,19+/m1/s1. The minimum atomic E-state index is -0.548. The first-order valence-corrected chi connectivity index (χ1v) is 8.31. The number of amides is 3. The van der Waals surface area contributed by atoms with Gasteiger partial charge in [0.1, 0.15) is 0 Å². The Bertz CT molecular complexity index is 738. The normalized spacial score (nSPS) is 28.2. The molecule has 1 aromatic rings. The van der Waals surface area contributed by atoms with Crippen molar-refractivity contribution in [2.75, 3.05) is 19.0 Å². The fraction of sp³-hybridized carbons (Fsp3) is 0.526. The molecular formula is C19H24N2O3. The van der Waals surface area contributed by atoms with Gasteiger partial charge in [0.15, 0.2) is 0 Å². The summed E-state index contributed by atoms with van der Waals surface area (Å²) in [6.45, 7) is 6.00. The molecule has 1 aliphatic carbocycles. The van der Waals surface area contributed by atoms with Gasteiger partial charge in [-0.3, -0.25) is 14.4 Å². The molecule has 1 aromatic carbocycles. The molecule has 128 valence electrons. The fourth-order valence-corrected chi connectivity index (χ4v) is 4.10. The van der Waals surface area contributed by atoms with Crippen molar-refractivity contribution in [2.45, 2.75) is 33.6 Å². The van der Waals surface area contributed by atoms with Crippen LogP contribution in [0, 0.1) is 16.7 Å². The number of imide groups is 1. The summed E-state index contributed by atoms with van der Waals surface area (Å²) >= 11 is 0. The van der Waals surface area contributed by atoms with E-state index >= 15 is 0 Å². The second kappa shape index (κ2) is 5.16. The lowest BCUT2D eigenvalue weighted by atomic mass is 9.62. The largest absolute Gasteiger partial charge is 0.345 e. The summed E-state index contributed by atoms with van der Waals surface area (Å²) in [5.41, 5.74) is 0.0776. The second-order valence-electron chi connectivity index (χ2n) is 7.87. The number of anilines is 1. The molecule has 1 saturated carbocycles. The van der Waals surface area contributed by atoms with Crippen molar-refractivity contribution >= 4 is 23.4 Å². The molecule has 2 bridgehead atoms. The monoisotopic (exact) mass is 328 g/mol. The molecule has 24 heavy (non-hydrogen) atoms. The third kappa shape index (κ3) is 2.03. The van der Waals surface area contributed by atoms with E-state index in [9.17, 15) is 14.4 Å². The van der Waals surface area contributed by atoms with Crippen molar-refractivity contribution < 1.29 is 14.4 Å². The maximum Gasteiger partial charge on any atom is 0.253 e. The molecule has 0 unspecified atom stereocenters. The third-order valence-corrected chi connectivity index (χ3v) is 6.18. The smallest absolute Gasteiger partial charge is 0.253 e. The van der Waals surface area contributed by atoms with Gasteiger partial charge in [0.25, 0.3) is 5.91 Å². The molecule has 0 aromatic heterocycles. The van der Waals surface area contributed by atoms with E-state index in [4.69, 9.17) is 0 Å². The summed E-state index contributed by atoms with van der Waals surface area (Å²) < 4.78 is 0. The zero-order chi connectivity index (χ0) is 17.9. The number of rotatable bonds is 2. The molecule has 1 saturated heterocycles. The van der Waals surface area contributed by atoms with Crippen molar-refractivity contribution in [2.24, 2.45) is 16.7 Å². The zero-order valence-electron chi connectivity index (χ0n) is 14.9. The van der Waals surface area contributed by atoms with Crippen molar-refractivity contribution in [3.63, 3.8) is 0 Å². The Morgan fingerprint density at radius 2 is 1.88 bits per heavy atom. The zero-order valence-corrected chi connectivity index (χ0v) is 14.9. The van der Waals surface area contributed by atoms with Gasteiger partial charge in [-0.1, -0.05) is 26.8 Å². The molecule has 1 aliphatic heterocycles. The van der Waals surface area contributed by atoms with Gasteiger partial charge < -0.3 is 4.90 Å². The summed E-state index contributed by atoms with van der Waals surface area (Å²) in [6, 6.07) is 6.78. The van der Waals surface area contributed by atoms with E-state index in [1.807, 2.05) is 20.8 Å². The van der Waals surface area contributed by atoms with Gasteiger partial charge in [-0.05, 0) is 36.5 Å². The number of hydrogen-bond donors (Lipinski definition) is 0. The molecule has 2 aliphatic rings. The van der Waals surface area contributed by atoms with E-state index in [0.29, 0.717) is 11.3 Å². The van der Waals surface area contributed by atoms with Crippen LogP contribution in [0.5, 0.6) is 0 Å². The van der Waals surface area contributed by atoms with Crippen LogP contribution in [-0.4, -0.2) is 36.7 Å². The average Bonchev–Trinajstić information content (AvgIpc) is 2.71. The highest BCUT2D eigenvalue weighted by atomic mass is 16.2. The van der Waals surface area contributed by atoms with Crippen molar-refractivity contribution in [1.29, 1.82) is 0 Å². The van der Waals surface area contributed by atoms with Crippen LogP contribution in [0.15, 0.2) is 24.3 Å². The molecule has 5 heteroatoms. The van der Waals surface area contributed by atoms with Crippen LogP contribution in [0.3, 0.4) is 0 Å². The van der Waals surface area contributed by atoms with E-state index in [1.165, 1.54) is 9.80 Å². The van der Waals surface area contributed by atoms with E-state index in [-0.39, 0.29) is 29.1 Å². The van der Waals surface area contributed by atoms with E-state index in [1.54, 1.807) is 38.4 Å². The number of nitrogens with zero attached hydrogens (tertiary/aromatic N) is 2. The lowest BCUT2D eigenvalue weighted by Crippen LogP contribution is -2.59.